The van der Waals surface area contributed by atoms with Crippen LogP contribution in [-0.4, -0.2) is 44.0 Å². The van der Waals surface area contributed by atoms with Crippen molar-refractivity contribution in [3.63, 3.8) is 0 Å². The smallest absolute Gasteiger partial charge is 0.277 e. The summed E-state index contributed by atoms with van der Waals surface area (Å²) in [6.07, 6.45) is 6.22. The first-order chi connectivity index (χ1) is 15.0. The molecule has 3 aromatic heterocycles. The molecule has 1 aliphatic rings. The van der Waals surface area contributed by atoms with Gasteiger partial charge in [-0.05, 0) is 18.9 Å². The predicted octanol–water partition coefficient (Wildman–Crippen LogP) is 3.41. The number of hydrogen-bond donors (Lipinski definition) is 2. The van der Waals surface area contributed by atoms with E-state index in [1.54, 1.807) is 0 Å². The van der Waals surface area contributed by atoms with Crippen LogP contribution in [0.15, 0.2) is 36.8 Å². The summed E-state index contributed by atoms with van der Waals surface area (Å²) >= 11 is 0. The maximum Gasteiger partial charge on any atom is 0.277 e. The number of aromatic amines is 1. The second-order valence-electron chi connectivity index (χ2n) is 7.21. The molecule has 4 heterocycles. The van der Waals surface area contributed by atoms with Crippen LogP contribution in [0.3, 0.4) is 0 Å². The first kappa shape index (κ1) is 19.1. The molecule has 0 spiro atoms. The lowest BCUT2D eigenvalue weighted by molar-refractivity contribution is 0.102. The Labute approximate surface area is 173 Å². The van der Waals surface area contributed by atoms with E-state index in [1.807, 2.05) is 4.90 Å². The van der Waals surface area contributed by atoms with Gasteiger partial charge in [0, 0.05) is 36.8 Å². The van der Waals surface area contributed by atoms with Crippen LogP contribution in [0.2, 0.25) is 0 Å². The van der Waals surface area contributed by atoms with Crippen molar-refractivity contribution in [2.24, 2.45) is 0 Å². The van der Waals surface area contributed by atoms with E-state index in [1.165, 1.54) is 29.3 Å². The van der Waals surface area contributed by atoms with E-state index in [4.69, 9.17) is 0 Å². The van der Waals surface area contributed by atoms with Crippen LogP contribution in [-0.2, 0) is 0 Å². The Kier molecular flexibility index (Phi) is 4.57. The number of aromatic nitrogens is 5. The number of pyridine rings is 1. The molecule has 1 amide bonds. The Morgan fingerprint density at radius 2 is 1.84 bits per heavy atom. The minimum atomic E-state index is -1.03. The van der Waals surface area contributed by atoms with E-state index in [0.717, 1.165) is 38.1 Å². The van der Waals surface area contributed by atoms with Crippen molar-refractivity contribution in [2.75, 3.05) is 23.3 Å². The Morgan fingerprint density at radius 3 is 2.61 bits per heavy atom. The van der Waals surface area contributed by atoms with Gasteiger partial charge in [-0.1, -0.05) is 5.21 Å². The highest BCUT2D eigenvalue weighted by molar-refractivity contribution is 6.07. The molecule has 2 N–H and O–H groups in total. The zero-order valence-electron chi connectivity index (χ0n) is 16.1. The van der Waals surface area contributed by atoms with Gasteiger partial charge in [-0.15, -0.1) is 5.10 Å². The van der Waals surface area contributed by atoms with Gasteiger partial charge >= 0.3 is 0 Å². The van der Waals surface area contributed by atoms with Gasteiger partial charge in [0.25, 0.3) is 5.91 Å². The van der Waals surface area contributed by atoms with Crippen LogP contribution in [0.25, 0.3) is 16.6 Å². The summed E-state index contributed by atoms with van der Waals surface area (Å²) in [6.45, 7) is 1.53. The zero-order valence-corrected chi connectivity index (χ0v) is 16.1. The molecule has 1 saturated heterocycles. The molecule has 158 valence electrons. The van der Waals surface area contributed by atoms with E-state index in [-0.39, 0.29) is 11.4 Å². The number of benzene rings is 1. The van der Waals surface area contributed by atoms with Crippen LogP contribution in [0.5, 0.6) is 0 Å². The molecule has 0 bridgehead atoms. The normalized spacial score (nSPS) is 13.8. The van der Waals surface area contributed by atoms with Gasteiger partial charge in [-0.2, -0.15) is 0 Å². The fourth-order valence-electron chi connectivity index (χ4n) is 3.61. The lowest BCUT2D eigenvalue weighted by Crippen LogP contribution is -2.20. The first-order valence-corrected chi connectivity index (χ1v) is 9.60. The molecule has 11 heteroatoms. The van der Waals surface area contributed by atoms with Crippen molar-refractivity contribution in [1.82, 2.24) is 25.0 Å². The summed E-state index contributed by atoms with van der Waals surface area (Å²) in [5.74, 6) is -2.82. The van der Waals surface area contributed by atoms with E-state index < -0.39 is 23.4 Å². The van der Waals surface area contributed by atoms with Crippen molar-refractivity contribution in [2.45, 2.75) is 12.8 Å². The van der Waals surface area contributed by atoms with Crippen LogP contribution in [0.4, 0.5) is 24.7 Å². The summed E-state index contributed by atoms with van der Waals surface area (Å²) in [6, 6.07) is 3.28. The average Bonchev–Trinajstić information content (AvgIpc) is 3.50. The van der Waals surface area contributed by atoms with Crippen LogP contribution in [0.1, 0.15) is 23.3 Å². The van der Waals surface area contributed by atoms with E-state index in [2.05, 4.69) is 25.6 Å². The lowest BCUT2D eigenvalue weighted by atomic mass is 10.2. The molecule has 4 aromatic rings. The standard InChI is InChI=1S/C20H16F3N7O/c21-13-6-12-16(7-14(13)22)24-9-17(12)26-20(31)18-10-30(28-27-18)11-5-15(23)19(25-8-11)29-3-1-2-4-29/h5-10,24H,1-4H2,(H,26,31). The van der Waals surface area contributed by atoms with Gasteiger partial charge in [0.05, 0.1) is 29.3 Å². The van der Waals surface area contributed by atoms with Gasteiger partial charge in [-0.25, -0.2) is 22.8 Å². The molecule has 1 fully saturated rings. The third-order valence-corrected chi connectivity index (χ3v) is 5.17. The van der Waals surface area contributed by atoms with Gasteiger partial charge in [0.1, 0.15) is 0 Å². The van der Waals surface area contributed by atoms with Crippen LogP contribution >= 0.6 is 0 Å². The second kappa shape index (κ2) is 7.42. The number of anilines is 2. The highest BCUT2D eigenvalue weighted by Gasteiger charge is 2.19. The van der Waals surface area contributed by atoms with Crippen molar-refractivity contribution in [3.05, 3.63) is 59.9 Å². The average molecular weight is 427 g/mol. The summed E-state index contributed by atoms with van der Waals surface area (Å²) in [5.41, 5.74) is 0.867. The predicted molar refractivity (Wildman–Crippen MR) is 107 cm³/mol. The zero-order chi connectivity index (χ0) is 21.5. The van der Waals surface area contributed by atoms with E-state index >= 15 is 0 Å². The number of rotatable bonds is 4. The number of carbonyl (C=O) groups excluding carboxylic acids is 1. The Bertz CT molecular complexity index is 1290. The fourth-order valence-corrected chi connectivity index (χ4v) is 3.61. The van der Waals surface area contributed by atoms with Crippen molar-refractivity contribution in [1.29, 1.82) is 0 Å². The minimum absolute atomic E-state index is 0.0408. The minimum Gasteiger partial charge on any atom is -0.359 e. The molecule has 0 atom stereocenters. The largest absolute Gasteiger partial charge is 0.359 e. The number of hydrogen-bond acceptors (Lipinski definition) is 5. The van der Waals surface area contributed by atoms with Crippen molar-refractivity contribution in [3.8, 4) is 5.69 Å². The number of amides is 1. The molecular weight excluding hydrogens is 411 g/mol. The molecule has 1 aliphatic heterocycles. The molecule has 8 nitrogen and oxygen atoms in total. The fraction of sp³-hybridized carbons (Fsp3) is 0.200. The van der Waals surface area contributed by atoms with Gasteiger partial charge in [-0.3, -0.25) is 4.79 Å². The number of nitrogens with one attached hydrogen (secondary N) is 2. The third-order valence-electron chi connectivity index (χ3n) is 5.17. The molecular formula is C20H16F3N7O. The Morgan fingerprint density at radius 1 is 1.06 bits per heavy atom. The monoisotopic (exact) mass is 427 g/mol. The van der Waals surface area contributed by atoms with Gasteiger partial charge in [0.2, 0.25) is 0 Å². The van der Waals surface area contributed by atoms with Gasteiger partial charge < -0.3 is 15.2 Å². The van der Waals surface area contributed by atoms with Crippen molar-refractivity contribution < 1.29 is 18.0 Å². The molecule has 31 heavy (non-hydrogen) atoms. The lowest BCUT2D eigenvalue weighted by Gasteiger charge is -2.17. The maximum absolute atomic E-state index is 14.5. The third kappa shape index (κ3) is 3.47. The van der Waals surface area contributed by atoms with Gasteiger partial charge in [0.15, 0.2) is 29.0 Å². The number of fused-ring (bicyclic) bond motifs is 1. The molecule has 0 aliphatic carbocycles. The van der Waals surface area contributed by atoms with E-state index in [9.17, 15) is 18.0 Å². The van der Waals surface area contributed by atoms with Crippen LogP contribution in [0, 0.1) is 17.5 Å². The maximum atomic E-state index is 14.5. The highest BCUT2D eigenvalue weighted by atomic mass is 19.2. The number of halogens is 3. The summed E-state index contributed by atoms with van der Waals surface area (Å²) in [7, 11) is 0. The molecule has 1 aromatic carbocycles. The summed E-state index contributed by atoms with van der Waals surface area (Å²) in [5, 5.41) is 10.6. The molecule has 0 saturated carbocycles. The molecule has 0 radical (unpaired) electrons. The quantitative estimate of drug-likeness (QED) is 0.521. The highest BCUT2D eigenvalue weighted by Crippen LogP contribution is 2.26. The summed E-state index contributed by atoms with van der Waals surface area (Å²) in [4.78, 5) is 21.4. The number of H-pyrrole nitrogens is 1. The Hall–Kier alpha value is -3.89. The van der Waals surface area contributed by atoms with Crippen LogP contribution < -0.4 is 10.2 Å². The summed E-state index contributed by atoms with van der Waals surface area (Å²) < 4.78 is 42.7. The second-order valence-corrected chi connectivity index (χ2v) is 7.21. The topological polar surface area (TPSA) is 91.7 Å². The first-order valence-electron chi connectivity index (χ1n) is 9.60. The Balaban J connectivity index is 1.36. The SMILES string of the molecule is O=C(Nc1c[nH]c2cc(F)c(F)cc12)c1cn(-c2cnc(N3CCCC3)c(F)c2)nn1. The molecule has 5 rings (SSSR count). The molecule has 0 unspecified atom stereocenters. The van der Waals surface area contributed by atoms with E-state index in [0.29, 0.717) is 22.4 Å². The number of carbonyl (C=O) groups is 1. The number of nitrogens with zero attached hydrogens (tertiary/aromatic N) is 5. The van der Waals surface area contributed by atoms with Crippen molar-refractivity contribution >= 4 is 28.3 Å².